The number of amides is 1. The minimum absolute atomic E-state index is 0.223. The maximum atomic E-state index is 12.4. The van der Waals surface area contributed by atoms with Gasteiger partial charge in [-0.05, 0) is 48.2 Å². The molecule has 0 aliphatic carbocycles. The molecule has 2 aromatic carbocycles. The Balaban J connectivity index is 1.51. The van der Waals surface area contributed by atoms with Crippen molar-refractivity contribution < 1.29 is 4.79 Å². The summed E-state index contributed by atoms with van der Waals surface area (Å²) >= 11 is 3.50. The lowest BCUT2D eigenvalue weighted by Crippen LogP contribution is -2.36. The van der Waals surface area contributed by atoms with Gasteiger partial charge in [0.25, 0.3) is 0 Å². The lowest BCUT2D eigenvalue weighted by Gasteiger charge is -2.29. The number of nitrogens with zero attached hydrogens (tertiary/aromatic N) is 1. The molecule has 0 saturated carbocycles. The summed E-state index contributed by atoms with van der Waals surface area (Å²) < 4.78 is 1.10. The van der Waals surface area contributed by atoms with Crippen LogP contribution in [-0.4, -0.2) is 23.9 Å². The van der Waals surface area contributed by atoms with Gasteiger partial charge in [-0.2, -0.15) is 0 Å². The average molecular weight is 373 g/mol. The second-order valence-corrected chi connectivity index (χ2v) is 6.83. The molecule has 0 unspecified atom stereocenters. The number of fused-ring (bicyclic) bond motifs is 1. The molecule has 0 spiro atoms. The van der Waals surface area contributed by atoms with Crippen LogP contribution in [0.2, 0.25) is 0 Å². The zero-order chi connectivity index (χ0) is 16.2. The van der Waals surface area contributed by atoms with Gasteiger partial charge in [0, 0.05) is 36.2 Å². The van der Waals surface area contributed by atoms with Crippen LogP contribution in [0.4, 0.5) is 5.69 Å². The molecule has 3 nitrogen and oxygen atoms in total. The van der Waals surface area contributed by atoms with Crippen molar-refractivity contribution in [1.29, 1.82) is 0 Å². The maximum absolute atomic E-state index is 12.4. The molecule has 1 amide bonds. The first-order chi connectivity index (χ1) is 11.1. The highest BCUT2D eigenvalue weighted by atomic mass is 79.9. The van der Waals surface area contributed by atoms with Gasteiger partial charge in [0.15, 0.2) is 0 Å². The molecule has 0 bridgehead atoms. The number of hydrogen-bond acceptors (Lipinski definition) is 2. The second kappa shape index (κ2) is 7.18. The summed E-state index contributed by atoms with van der Waals surface area (Å²) in [6.45, 7) is 4.29. The minimum atomic E-state index is 0.223. The highest BCUT2D eigenvalue weighted by Gasteiger charge is 2.19. The Morgan fingerprint density at radius 1 is 1.22 bits per heavy atom. The molecular formula is C19H21BrN2O. The van der Waals surface area contributed by atoms with Crippen LogP contribution >= 0.6 is 15.9 Å². The van der Waals surface area contributed by atoms with Crippen LogP contribution < -0.4 is 5.32 Å². The molecule has 0 aromatic heterocycles. The number of benzene rings is 2. The van der Waals surface area contributed by atoms with Gasteiger partial charge in [-0.25, -0.2) is 0 Å². The first-order valence-electron chi connectivity index (χ1n) is 7.98. The van der Waals surface area contributed by atoms with Crippen molar-refractivity contribution in [2.24, 2.45) is 0 Å². The number of carbonyl (C=O) groups excluding carboxylic acids is 1. The molecule has 0 fully saturated rings. The monoisotopic (exact) mass is 372 g/mol. The van der Waals surface area contributed by atoms with Crippen molar-refractivity contribution in [3.05, 3.63) is 63.6 Å². The van der Waals surface area contributed by atoms with Gasteiger partial charge >= 0.3 is 0 Å². The fraction of sp³-hybridized carbons (Fsp3) is 0.316. The lowest BCUT2D eigenvalue weighted by atomic mass is 10.00. The molecular weight excluding hydrogens is 352 g/mol. The Hall–Kier alpha value is -1.81. The van der Waals surface area contributed by atoms with Gasteiger partial charge in [-0.3, -0.25) is 4.79 Å². The van der Waals surface area contributed by atoms with Crippen molar-refractivity contribution in [3.63, 3.8) is 0 Å². The van der Waals surface area contributed by atoms with Crippen LogP contribution in [0.15, 0.2) is 46.9 Å². The van der Waals surface area contributed by atoms with Gasteiger partial charge in [-0.1, -0.05) is 40.2 Å². The first kappa shape index (κ1) is 16.1. The smallest absolute Gasteiger partial charge is 0.224 e. The predicted octanol–water partition coefficient (Wildman–Crippen LogP) is 4.14. The molecule has 0 saturated heterocycles. The fourth-order valence-electron chi connectivity index (χ4n) is 2.94. The average Bonchev–Trinajstić information content (AvgIpc) is 2.57. The molecule has 3 rings (SSSR count). The molecule has 0 radical (unpaired) electrons. The highest BCUT2D eigenvalue weighted by molar-refractivity contribution is 9.10. The van der Waals surface area contributed by atoms with E-state index in [4.69, 9.17) is 0 Å². The SMILES string of the molecule is Cc1cc(NCCC(=O)N2CCc3ccccc3C2)ccc1Br. The van der Waals surface area contributed by atoms with E-state index < -0.39 is 0 Å². The van der Waals surface area contributed by atoms with E-state index in [0.29, 0.717) is 13.0 Å². The number of anilines is 1. The summed E-state index contributed by atoms with van der Waals surface area (Å²) in [5.74, 6) is 0.223. The van der Waals surface area contributed by atoms with E-state index in [9.17, 15) is 4.79 Å². The maximum Gasteiger partial charge on any atom is 0.224 e. The lowest BCUT2D eigenvalue weighted by molar-refractivity contribution is -0.131. The summed E-state index contributed by atoms with van der Waals surface area (Å²) in [5, 5.41) is 3.33. The van der Waals surface area contributed by atoms with Crippen molar-refractivity contribution in [1.82, 2.24) is 4.90 Å². The molecule has 23 heavy (non-hydrogen) atoms. The van der Waals surface area contributed by atoms with Crippen LogP contribution in [0, 0.1) is 6.92 Å². The highest BCUT2D eigenvalue weighted by Crippen LogP contribution is 2.21. The van der Waals surface area contributed by atoms with E-state index in [2.05, 4.69) is 52.4 Å². The van der Waals surface area contributed by atoms with Crippen LogP contribution in [-0.2, 0) is 17.8 Å². The van der Waals surface area contributed by atoms with Gasteiger partial charge in [0.2, 0.25) is 5.91 Å². The molecule has 4 heteroatoms. The molecule has 1 heterocycles. The molecule has 2 aromatic rings. The molecule has 120 valence electrons. The largest absolute Gasteiger partial charge is 0.385 e. The fourth-order valence-corrected chi connectivity index (χ4v) is 3.18. The van der Waals surface area contributed by atoms with Crippen molar-refractivity contribution >= 4 is 27.5 Å². The van der Waals surface area contributed by atoms with Crippen molar-refractivity contribution in [3.8, 4) is 0 Å². The van der Waals surface area contributed by atoms with Crippen LogP contribution in [0.25, 0.3) is 0 Å². The first-order valence-corrected chi connectivity index (χ1v) is 8.77. The minimum Gasteiger partial charge on any atom is -0.385 e. The Morgan fingerprint density at radius 3 is 2.78 bits per heavy atom. The summed E-state index contributed by atoms with van der Waals surface area (Å²) in [6, 6.07) is 14.5. The van der Waals surface area contributed by atoms with Gasteiger partial charge in [0.05, 0.1) is 0 Å². The van der Waals surface area contributed by atoms with Gasteiger partial charge in [-0.15, -0.1) is 0 Å². The third-order valence-corrected chi connectivity index (χ3v) is 5.20. The standard InChI is InChI=1S/C19H21BrN2O/c1-14-12-17(6-7-18(14)20)21-10-8-19(23)22-11-9-15-4-2-3-5-16(15)13-22/h2-7,12,21H,8-11,13H2,1H3. The Labute approximate surface area is 145 Å². The topological polar surface area (TPSA) is 32.3 Å². The molecule has 0 atom stereocenters. The third kappa shape index (κ3) is 3.94. The quantitative estimate of drug-likeness (QED) is 0.874. The van der Waals surface area contributed by atoms with Crippen LogP contribution in [0.5, 0.6) is 0 Å². The number of aryl methyl sites for hydroxylation is 1. The van der Waals surface area contributed by atoms with Crippen molar-refractivity contribution in [2.75, 3.05) is 18.4 Å². The van der Waals surface area contributed by atoms with E-state index in [0.717, 1.165) is 29.7 Å². The summed E-state index contributed by atoms with van der Waals surface area (Å²) in [6.07, 6.45) is 1.48. The zero-order valence-corrected chi connectivity index (χ0v) is 14.9. The number of halogens is 1. The van der Waals surface area contributed by atoms with Gasteiger partial charge in [0.1, 0.15) is 0 Å². The molecule has 1 aliphatic heterocycles. The van der Waals surface area contributed by atoms with Crippen molar-refractivity contribution in [2.45, 2.75) is 26.3 Å². The number of nitrogens with one attached hydrogen (secondary N) is 1. The van der Waals surface area contributed by atoms with E-state index in [1.54, 1.807) is 0 Å². The van der Waals surface area contributed by atoms with Gasteiger partial charge < -0.3 is 10.2 Å². The van der Waals surface area contributed by atoms with E-state index in [1.165, 1.54) is 16.7 Å². The number of carbonyl (C=O) groups is 1. The Kier molecular flexibility index (Phi) is 5.01. The number of rotatable bonds is 4. The Morgan fingerprint density at radius 2 is 2.00 bits per heavy atom. The Bertz CT molecular complexity index is 714. The summed E-state index contributed by atoms with van der Waals surface area (Å²) in [4.78, 5) is 14.4. The third-order valence-electron chi connectivity index (χ3n) is 4.31. The second-order valence-electron chi connectivity index (χ2n) is 5.97. The summed E-state index contributed by atoms with van der Waals surface area (Å²) in [5.41, 5.74) is 4.90. The zero-order valence-electron chi connectivity index (χ0n) is 13.3. The molecule has 1 N–H and O–H groups in total. The number of hydrogen-bond donors (Lipinski definition) is 1. The van der Waals surface area contributed by atoms with E-state index >= 15 is 0 Å². The van der Waals surface area contributed by atoms with E-state index in [1.807, 2.05) is 23.1 Å². The van der Waals surface area contributed by atoms with Crippen LogP contribution in [0.1, 0.15) is 23.1 Å². The predicted molar refractivity (Wildman–Crippen MR) is 97.5 cm³/mol. The van der Waals surface area contributed by atoms with E-state index in [-0.39, 0.29) is 5.91 Å². The summed E-state index contributed by atoms with van der Waals surface area (Å²) in [7, 11) is 0. The molecule has 1 aliphatic rings. The van der Waals surface area contributed by atoms with Crippen LogP contribution in [0.3, 0.4) is 0 Å². The normalized spacial score (nSPS) is 13.6.